The number of piperazine rings is 1. The van der Waals surface area contributed by atoms with Gasteiger partial charge in [-0.05, 0) is 30.5 Å². The van der Waals surface area contributed by atoms with Crippen LogP contribution in [0.2, 0.25) is 5.02 Å². The van der Waals surface area contributed by atoms with Crippen LogP contribution < -0.4 is 4.90 Å². The lowest BCUT2D eigenvalue weighted by Crippen LogP contribution is -2.54. The number of halogens is 1. The molecule has 1 saturated heterocycles. The van der Waals surface area contributed by atoms with Gasteiger partial charge in [-0.25, -0.2) is 4.98 Å². The number of carbonyl (C=O) groups is 1. The summed E-state index contributed by atoms with van der Waals surface area (Å²) in [6.07, 6.45) is 1.32. The van der Waals surface area contributed by atoms with Gasteiger partial charge in [0.25, 0.3) is 0 Å². The molecule has 2 aromatic rings. The number of amides is 1. The largest absolute Gasteiger partial charge is 0.343 e. The highest BCUT2D eigenvalue weighted by molar-refractivity contribution is 7.09. The van der Waals surface area contributed by atoms with Crippen LogP contribution in [0.4, 0.5) is 5.13 Å². The van der Waals surface area contributed by atoms with Crippen molar-refractivity contribution >= 4 is 34.2 Å². The van der Waals surface area contributed by atoms with Gasteiger partial charge < -0.3 is 9.80 Å². The zero-order chi connectivity index (χ0) is 18.7. The topological polar surface area (TPSA) is 49.3 Å². The summed E-state index contributed by atoms with van der Waals surface area (Å²) in [5, 5.41) is 1.68. The summed E-state index contributed by atoms with van der Waals surface area (Å²) in [6, 6.07) is 7.98. The van der Waals surface area contributed by atoms with Crippen LogP contribution in [-0.2, 0) is 11.2 Å². The number of benzene rings is 1. The van der Waals surface area contributed by atoms with Crippen LogP contribution in [0.15, 0.2) is 24.3 Å². The highest BCUT2D eigenvalue weighted by Crippen LogP contribution is 2.23. The maximum Gasteiger partial charge on any atom is 0.223 e. The fraction of sp³-hybridized carbons (Fsp3) is 0.526. The van der Waals surface area contributed by atoms with E-state index < -0.39 is 0 Å². The van der Waals surface area contributed by atoms with E-state index in [-0.39, 0.29) is 11.9 Å². The SMILES string of the molecule is CC(C)CC(=O)N1CCN(c2nc(Cc3ccc(Cl)cc3)ns2)CC1C. The smallest absolute Gasteiger partial charge is 0.223 e. The number of hydrogen-bond donors (Lipinski definition) is 0. The average Bonchev–Trinajstić information content (AvgIpc) is 3.04. The molecule has 1 fully saturated rings. The van der Waals surface area contributed by atoms with E-state index in [1.807, 2.05) is 29.2 Å². The molecule has 0 N–H and O–H groups in total. The molecule has 7 heteroatoms. The molecule has 140 valence electrons. The van der Waals surface area contributed by atoms with Gasteiger partial charge in [0.2, 0.25) is 11.0 Å². The number of hydrogen-bond acceptors (Lipinski definition) is 5. The molecular weight excluding hydrogens is 368 g/mol. The van der Waals surface area contributed by atoms with Crippen molar-refractivity contribution in [1.29, 1.82) is 0 Å². The van der Waals surface area contributed by atoms with E-state index in [1.54, 1.807) is 0 Å². The van der Waals surface area contributed by atoms with E-state index in [2.05, 4.69) is 30.0 Å². The van der Waals surface area contributed by atoms with Gasteiger partial charge in [0.1, 0.15) is 5.82 Å². The molecule has 1 aliphatic rings. The summed E-state index contributed by atoms with van der Waals surface area (Å²) in [7, 11) is 0. The zero-order valence-corrected chi connectivity index (χ0v) is 17.1. The molecule has 3 rings (SSSR count). The van der Waals surface area contributed by atoms with Crippen molar-refractivity contribution in [2.75, 3.05) is 24.5 Å². The molecule has 1 unspecified atom stereocenters. The Kier molecular flexibility index (Phi) is 6.14. The second-order valence-electron chi connectivity index (χ2n) is 7.28. The van der Waals surface area contributed by atoms with Crippen LogP contribution in [0.3, 0.4) is 0 Å². The van der Waals surface area contributed by atoms with Gasteiger partial charge in [0, 0.05) is 55.1 Å². The zero-order valence-electron chi connectivity index (χ0n) is 15.5. The number of rotatable bonds is 5. The molecule has 2 heterocycles. The van der Waals surface area contributed by atoms with Crippen molar-refractivity contribution in [2.45, 2.75) is 39.7 Å². The van der Waals surface area contributed by atoms with Gasteiger partial charge in [0.15, 0.2) is 0 Å². The summed E-state index contributed by atoms with van der Waals surface area (Å²) in [5.74, 6) is 1.48. The molecule has 0 spiro atoms. The molecule has 1 amide bonds. The Labute approximate surface area is 164 Å². The molecule has 1 aliphatic heterocycles. The highest BCUT2D eigenvalue weighted by Gasteiger charge is 2.29. The minimum absolute atomic E-state index is 0.193. The maximum absolute atomic E-state index is 12.4. The van der Waals surface area contributed by atoms with E-state index in [4.69, 9.17) is 16.6 Å². The third kappa shape index (κ3) is 4.74. The first-order chi connectivity index (χ1) is 12.4. The van der Waals surface area contributed by atoms with Crippen molar-refractivity contribution in [1.82, 2.24) is 14.3 Å². The third-order valence-corrected chi connectivity index (χ3v) is 5.60. The molecule has 26 heavy (non-hydrogen) atoms. The predicted octanol–water partition coefficient (Wildman–Crippen LogP) is 3.87. The predicted molar refractivity (Wildman–Crippen MR) is 107 cm³/mol. The molecular formula is C19H25ClN4OS. The Bertz CT molecular complexity index is 746. The number of carbonyl (C=O) groups excluding carboxylic acids is 1. The lowest BCUT2D eigenvalue weighted by Gasteiger charge is -2.40. The minimum atomic E-state index is 0.193. The number of anilines is 1. The number of nitrogens with zero attached hydrogens (tertiary/aromatic N) is 4. The fourth-order valence-corrected chi connectivity index (χ4v) is 4.04. The molecule has 5 nitrogen and oxygen atoms in total. The summed E-state index contributed by atoms with van der Waals surface area (Å²) < 4.78 is 4.50. The quantitative estimate of drug-likeness (QED) is 0.775. The Morgan fingerprint density at radius 3 is 2.69 bits per heavy atom. The first kappa shape index (κ1) is 19.1. The monoisotopic (exact) mass is 392 g/mol. The summed E-state index contributed by atoms with van der Waals surface area (Å²) in [5.41, 5.74) is 1.15. The molecule has 0 bridgehead atoms. The van der Waals surface area contributed by atoms with E-state index >= 15 is 0 Å². The minimum Gasteiger partial charge on any atom is -0.343 e. The molecule has 0 radical (unpaired) electrons. The van der Waals surface area contributed by atoms with Crippen LogP contribution >= 0.6 is 23.1 Å². The number of aromatic nitrogens is 2. The van der Waals surface area contributed by atoms with Crippen LogP contribution in [0.5, 0.6) is 0 Å². The van der Waals surface area contributed by atoms with E-state index in [0.717, 1.165) is 41.2 Å². The van der Waals surface area contributed by atoms with Gasteiger partial charge >= 0.3 is 0 Å². The Hall–Kier alpha value is -1.66. The van der Waals surface area contributed by atoms with E-state index in [9.17, 15) is 4.79 Å². The van der Waals surface area contributed by atoms with Crippen LogP contribution in [-0.4, -0.2) is 45.8 Å². The summed E-state index contributed by atoms with van der Waals surface area (Å²) >= 11 is 7.37. The van der Waals surface area contributed by atoms with Crippen molar-refractivity contribution in [3.8, 4) is 0 Å². The lowest BCUT2D eigenvalue weighted by molar-refractivity contribution is -0.134. The molecule has 0 saturated carbocycles. The van der Waals surface area contributed by atoms with Crippen molar-refractivity contribution in [3.63, 3.8) is 0 Å². The molecule has 0 aliphatic carbocycles. The van der Waals surface area contributed by atoms with Gasteiger partial charge in [-0.1, -0.05) is 37.6 Å². The van der Waals surface area contributed by atoms with Crippen LogP contribution in [0.1, 0.15) is 38.6 Å². The highest BCUT2D eigenvalue weighted by atomic mass is 35.5. The van der Waals surface area contributed by atoms with Crippen LogP contribution in [0.25, 0.3) is 0 Å². The Morgan fingerprint density at radius 1 is 1.31 bits per heavy atom. The molecule has 1 aromatic carbocycles. The summed E-state index contributed by atoms with van der Waals surface area (Å²) in [4.78, 5) is 21.3. The maximum atomic E-state index is 12.4. The van der Waals surface area contributed by atoms with E-state index in [1.165, 1.54) is 11.5 Å². The van der Waals surface area contributed by atoms with Crippen molar-refractivity contribution < 1.29 is 4.79 Å². The first-order valence-electron chi connectivity index (χ1n) is 9.04. The normalized spacial score (nSPS) is 17.8. The second kappa shape index (κ2) is 8.35. The second-order valence-corrected chi connectivity index (χ2v) is 8.44. The van der Waals surface area contributed by atoms with Crippen molar-refractivity contribution in [3.05, 3.63) is 40.7 Å². The standard InChI is InChI=1S/C19H25ClN4OS/c1-13(2)10-18(25)24-9-8-23(12-14(24)3)19-21-17(22-26-19)11-15-4-6-16(20)7-5-15/h4-7,13-14H,8-12H2,1-3H3. The van der Waals surface area contributed by atoms with E-state index in [0.29, 0.717) is 18.8 Å². The first-order valence-corrected chi connectivity index (χ1v) is 10.2. The fourth-order valence-electron chi connectivity index (χ4n) is 3.20. The third-order valence-electron chi connectivity index (χ3n) is 4.53. The molecule has 1 aromatic heterocycles. The van der Waals surface area contributed by atoms with Gasteiger partial charge in [-0.2, -0.15) is 4.37 Å². The van der Waals surface area contributed by atoms with Crippen molar-refractivity contribution in [2.24, 2.45) is 5.92 Å². The average molecular weight is 393 g/mol. The lowest BCUT2D eigenvalue weighted by atomic mass is 10.1. The Morgan fingerprint density at radius 2 is 2.04 bits per heavy atom. The molecule has 1 atom stereocenters. The summed E-state index contributed by atoms with van der Waals surface area (Å²) in [6.45, 7) is 8.65. The Balaban J connectivity index is 1.60. The van der Waals surface area contributed by atoms with Gasteiger partial charge in [-0.3, -0.25) is 4.79 Å². The van der Waals surface area contributed by atoms with Gasteiger partial charge in [-0.15, -0.1) is 0 Å². The van der Waals surface area contributed by atoms with Crippen LogP contribution in [0, 0.1) is 5.92 Å². The van der Waals surface area contributed by atoms with Gasteiger partial charge in [0.05, 0.1) is 0 Å².